The molecule has 5 nitrogen and oxygen atoms in total. The number of likely N-dealkylation sites (N-methyl/N-ethyl adjacent to an activating group) is 1. The zero-order valence-electron chi connectivity index (χ0n) is 10.9. The minimum atomic E-state index is -0.525. The topological polar surface area (TPSA) is 61.4 Å². The number of benzene rings is 1. The molecule has 1 unspecified atom stereocenters. The molecule has 1 atom stereocenters. The summed E-state index contributed by atoms with van der Waals surface area (Å²) >= 11 is 0. The van der Waals surface area contributed by atoms with Gasteiger partial charge in [-0.3, -0.25) is 4.79 Å². The van der Waals surface area contributed by atoms with Crippen LogP contribution in [0.25, 0.3) is 0 Å². The van der Waals surface area contributed by atoms with Crippen molar-refractivity contribution in [2.75, 3.05) is 13.1 Å². The summed E-state index contributed by atoms with van der Waals surface area (Å²) in [6.07, 6.45) is 0. The molecule has 0 aromatic heterocycles. The molecule has 2 heterocycles. The number of urea groups is 1. The number of hydrogen-bond acceptors (Lipinski definition) is 2. The molecule has 0 aliphatic carbocycles. The first kappa shape index (κ1) is 12.7. The van der Waals surface area contributed by atoms with Gasteiger partial charge in [0.05, 0.1) is 23.9 Å². The summed E-state index contributed by atoms with van der Waals surface area (Å²) in [5.41, 5.74) is 1.87. The van der Waals surface area contributed by atoms with Crippen LogP contribution in [0.15, 0.2) is 35.5 Å². The van der Waals surface area contributed by atoms with Crippen molar-refractivity contribution in [2.24, 2.45) is 0 Å². The Hall–Kier alpha value is -2.37. The highest BCUT2D eigenvalue weighted by molar-refractivity contribution is 6.01. The summed E-state index contributed by atoms with van der Waals surface area (Å²) in [5, 5.41) is 5.40. The van der Waals surface area contributed by atoms with E-state index in [1.165, 1.54) is 12.1 Å². The minimum absolute atomic E-state index is 0.0932. The van der Waals surface area contributed by atoms with Gasteiger partial charge in [-0.05, 0) is 24.6 Å². The van der Waals surface area contributed by atoms with Gasteiger partial charge in [-0.2, -0.15) is 0 Å². The quantitative estimate of drug-likeness (QED) is 0.854. The van der Waals surface area contributed by atoms with Gasteiger partial charge >= 0.3 is 6.03 Å². The third-order valence-electron chi connectivity index (χ3n) is 3.61. The Morgan fingerprint density at radius 1 is 1.30 bits per heavy atom. The zero-order valence-corrected chi connectivity index (χ0v) is 10.9. The average molecular weight is 275 g/mol. The maximum Gasteiger partial charge on any atom is 0.319 e. The van der Waals surface area contributed by atoms with Crippen molar-refractivity contribution < 1.29 is 14.0 Å². The van der Waals surface area contributed by atoms with Crippen LogP contribution >= 0.6 is 0 Å². The molecule has 2 aliphatic rings. The summed E-state index contributed by atoms with van der Waals surface area (Å²) in [7, 11) is 0. The first-order valence-corrected chi connectivity index (χ1v) is 6.45. The number of nitrogens with zero attached hydrogens (tertiary/aromatic N) is 1. The second-order valence-corrected chi connectivity index (χ2v) is 4.79. The molecule has 20 heavy (non-hydrogen) atoms. The van der Waals surface area contributed by atoms with Gasteiger partial charge in [0.1, 0.15) is 5.82 Å². The lowest BCUT2D eigenvalue weighted by atomic mass is 9.96. The Labute approximate surface area is 115 Å². The van der Waals surface area contributed by atoms with Crippen molar-refractivity contribution >= 4 is 11.9 Å². The minimum Gasteiger partial charge on any atom is -0.333 e. The normalized spacial score (nSPS) is 21.7. The van der Waals surface area contributed by atoms with Crippen LogP contribution in [-0.4, -0.2) is 29.9 Å². The van der Waals surface area contributed by atoms with E-state index in [-0.39, 0.29) is 17.8 Å². The van der Waals surface area contributed by atoms with Gasteiger partial charge in [-0.1, -0.05) is 12.1 Å². The van der Waals surface area contributed by atoms with Gasteiger partial charge in [0.25, 0.3) is 5.91 Å². The van der Waals surface area contributed by atoms with E-state index in [9.17, 15) is 14.0 Å². The highest BCUT2D eigenvalue weighted by Gasteiger charge is 2.39. The lowest BCUT2D eigenvalue weighted by molar-refractivity contribution is -0.125. The molecule has 0 saturated heterocycles. The van der Waals surface area contributed by atoms with Crippen LogP contribution in [-0.2, 0) is 4.79 Å². The Balaban J connectivity index is 2.01. The zero-order chi connectivity index (χ0) is 14.3. The van der Waals surface area contributed by atoms with E-state index in [0.29, 0.717) is 29.9 Å². The molecule has 0 saturated carbocycles. The first-order valence-electron chi connectivity index (χ1n) is 6.45. The van der Waals surface area contributed by atoms with E-state index < -0.39 is 6.04 Å². The van der Waals surface area contributed by atoms with Crippen LogP contribution in [0, 0.1) is 5.82 Å². The number of rotatable bonds is 2. The molecule has 0 radical (unpaired) electrons. The number of hydrogen-bond donors (Lipinski definition) is 2. The molecule has 3 rings (SSSR count). The van der Waals surface area contributed by atoms with E-state index in [2.05, 4.69) is 10.6 Å². The lowest BCUT2D eigenvalue weighted by Crippen LogP contribution is -2.44. The maximum atomic E-state index is 13.0. The fourth-order valence-electron chi connectivity index (χ4n) is 2.59. The predicted octanol–water partition coefficient (Wildman–Crippen LogP) is 1.30. The van der Waals surface area contributed by atoms with Gasteiger partial charge in [-0.15, -0.1) is 0 Å². The molecule has 2 aliphatic heterocycles. The number of carbonyl (C=O) groups is 2. The van der Waals surface area contributed by atoms with Gasteiger partial charge in [-0.25, -0.2) is 9.18 Å². The van der Waals surface area contributed by atoms with E-state index in [0.717, 1.165) is 0 Å². The molecule has 2 N–H and O–H groups in total. The van der Waals surface area contributed by atoms with Crippen LogP contribution in [0.1, 0.15) is 18.5 Å². The van der Waals surface area contributed by atoms with E-state index in [1.54, 1.807) is 17.0 Å². The summed E-state index contributed by atoms with van der Waals surface area (Å²) in [6.45, 7) is 2.88. The standard InChI is InChI=1S/C14H14FN3O2/c1-2-18-7-10-11(13(18)19)12(17-14(20)16-10)8-3-5-9(15)6-4-8/h3-6,12H,2,7H2,1H3,(H2,16,17,20). The number of nitrogens with one attached hydrogen (secondary N) is 2. The van der Waals surface area contributed by atoms with Crippen molar-refractivity contribution in [1.29, 1.82) is 0 Å². The van der Waals surface area contributed by atoms with Gasteiger partial charge in [0.15, 0.2) is 0 Å². The molecule has 1 aromatic carbocycles. The monoisotopic (exact) mass is 275 g/mol. The van der Waals surface area contributed by atoms with Gasteiger partial charge < -0.3 is 15.5 Å². The van der Waals surface area contributed by atoms with Gasteiger partial charge in [0.2, 0.25) is 0 Å². The van der Waals surface area contributed by atoms with Crippen LogP contribution in [0.5, 0.6) is 0 Å². The fraction of sp³-hybridized carbons (Fsp3) is 0.286. The van der Waals surface area contributed by atoms with Crippen LogP contribution in [0.3, 0.4) is 0 Å². The van der Waals surface area contributed by atoms with Crippen molar-refractivity contribution in [2.45, 2.75) is 13.0 Å². The second-order valence-electron chi connectivity index (χ2n) is 4.79. The molecule has 104 valence electrons. The Morgan fingerprint density at radius 3 is 2.65 bits per heavy atom. The van der Waals surface area contributed by atoms with Crippen LogP contribution in [0.2, 0.25) is 0 Å². The molecule has 0 bridgehead atoms. The van der Waals surface area contributed by atoms with Gasteiger partial charge in [0, 0.05) is 6.54 Å². The molecule has 0 fully saturated rings. The van der Waals surface area contributed by atoms with E-state index >= 15 is 0 Å². The number of amides is 3. The number of halogens is 1. The molecular weight excluding hydrogens is 261 g/mol. The van der Waals surface area contributed by atoms with Crippen LogP contribution in [0.4, 0.5) is 9.18 Å². The molecule has 1 aromatic rings. The Kier molecular flexibility index (Phi) is 2.93. The fourth-order valence-corrected chi connectivity index (χ4v) is 2.59. The predicted molar refractivity (Wildman–Crippen MR) is 70.1 cm³/mol. The van der Waals surface area contributed by atoms with E-state index in [4.69, 9.17) is 0 Å². The summed E-state index contributed by atoms with van der Waals surface area (Å²) in [4.78, 5) is 25.7. The second kappa shape index (κ2) is 4.63. The molecule has 6 heteroatoms. The summed E-state index contributed by atoms with van der Waals surface area (Å²) in [6, 6.07) is 4.94. The molecule has 3 amide bonds. The molecular formula is C14H14FN3O2. The third kappa shape index (κ3) is 1.93. The summed E-state index contributed by atoms with van der Waals surface area (Å²) < 4.78 is 13.0. The highest BCUT2D eigenvalue weighted by Crippen LogP contribution is 2.32. The first-order chi connectivity index (χ1) is 9.60. The SMILES string of the molecule is CCN1CC2=C(C1=O)C(c1ccc(F)cc1)NC(=O)N2. The third-order valence-corrected chi connectivity index (χ3v) is 3.61. The molecule has 0 spiro atoms. The highest BCUT2D eigenvalue weighted by atomic mass is 19.1. The van der Waals surface area contributed by atoms with Crippen molar-refractivity contribution in [3.05, 3.63) is 46.9 Å². The van der Waals surface area contributed by atoms with E-state index in [1.807, 2.05) is 6.92 Å². The van der Waals surface area contributed by atoms with Crippen molar-refractivity contribution in [3.63, 3.8) is 0 Å². The summed E-state index contributed by atoms with van der Waals surface area (Å²) in [5.74, 6) is -0.444. The van der Waals surface area contributed by atoms with Crippen molar-refractivity contribution in [3.8, 4) is 0 Å². The maximum absolute atomic E-state index is 13.0. The largest absolute Gasteiger partial charge is 0.333 e. The Bertz CT molecular complexity index is 609. The lowest BCUT2D eigenvalue weighted by Gasteiger charge is -2.25. The number of carbonyl (C=O) groups excluding carboxylic acids is 2. The van der Waals surface area contributed by atoms with Crippen LogP contribution < -0.4 is 10.6 Å². The van der Waals surface area contributed by atoms with Crippen molar-refractivity contribution in [1.82, 2.24) is 15.5 Å². The Morgan fingerprint density at radius 2 is 2.00 bits per heavy atom. The average Bonchev–Trinajstić information content (AvgIpc) is 2.75. The smallest absolute Gasteiger partial charge is 0.319 e.